The van der Waals surface area contributed by atoms with Crippen molar-refractivity contribution in [2.24, 2.45) is 20.7 Å². The lowest BCUT2D eigenvalue weighted by Gasteiger charge is -2.12. The third-order valence-corrected chi connectivity index (χ3v) is 2.36. The van der Waals surface area contributed by atoms with E-state index in [1.807, 2.05) is 0 Å². The van der Waals surface area contributed by atoms with Crippen molar-refractivity contribution in [3.63, 3.8) is 0 Å². The van der Waals surface area contributed by atoms with E-state index in [1.54, 1.807) is 12.1 Å². The second-order valence-electron chi connectivity index (χ2n) is 2.90. The fourth-order valence-corrected chi connectivity index (χ4v) is 1.37. The molecule has 0 saturated heterocycles. The van der Waals surface area contributed by atoms with E-state index in [4.69, 9.17) is 5.11 Å². The fraction of sp³-hybridized carbons (Fsp3) is 0.125. The second-order valence-corrected chi connectivity index (χ2v) is 3.52. The van der Waals surface area contributed by atoms with E-state index in [9.17, 15) is 4.79 Å². The summed E-state index contributed by atoms with van der Waals surface area (Å²) in [6.45, 7) is 0. The summed E-state index contributed by atoms with van der Waals surface area (Å²) in [6.07, 6.45) is 0. The summed E-state index contributed by atoms with van der Waals surface area (Å²) in [5.41, 5.74) is 0.823. The van der Waals surface area contributed by atoms with E-state index < -0.39 is 11.0 Å². The highest BCUT2D eigenvalue weighted by atomic mass is 32.1. The molecule has 1 aliphatic heterocycles. The molecule has 15 heavy (non-hydrogen) atoms. The van der Waals surface area contributed by atoms with E-state index in [0.717, 1.165) is 0 Å². The molecule has 7 heteroatoms. The largest absolute Gasteiger partial charge is 0.478 e. The van der Waals surface area contributed by atoms with E-state index >= 15 is 0 Å². The number of hydrogen-bond acceptors (Lipinski definition) is 6. The smallest absolute Gasteiger partial charge is 0.335 e. The van der Waals surface area contributed by atoms with Crippen molar-refractivity contribution in [1.29, 1.82) is 0 Å². The van der Waals surface area contributed by atoms with Crippen LogP contribution in [-0.4, -0.2) is 11.1 Å². The van der Waals surface area contributed by atoms with Gasteiger partial charge in [0.15, 0.2) is 0 Å². The normalized spacial score (nSPS) is 16.9. The average Bonchev–Trinajstić information content (AvgIpc) is 2.67. The zero-order valence-electron chi connectivity index (χ0n) is 7.40. The van der Waals surface area contributed by atoms with Crippen molar-refractivity contribution in [2.45, 2.75) is 4.99 Å². The standard InChI is InChI=1S/C8H6N4O2S/c13-7(14)5-1-3-6(4-2-5)8(15)9-11-12-10-8/h1-4,15H,(H,13,14). The molecule has 1 N–H and O–H groups in total. The van der Waals surface area contributed by atoms with Crippen LogP contribution in [0, 0.1) is 0 Å². The van der Waals surface area contributed by atoms with E-state index in [-0.39, 0.29) is 5.56 Å². The molecule has 0 spiro atoms. The van der Waals surface area contributed by atoms with Crippen LogP contribution >= 0.6 is 12.6 Å². The Morgan fingerprint density at radius 2 is 1.73 bits per heavy atom. The molecular weight excluding hydrogens is 216 g/mol. The minimum absolute atomic E-state index is 0.197. The van der Waals surface area contributed by atoms with Gasteiger partial charge in [-0.05, 0) is 22.6 Å². The number of rotatable bonds is 2. The van der Waals surface area contributed by atoms with Gasteiger partial charge >= 0.3 is 5.97 Å². The summed E-state index contributed by atoms with van der Waals surface area (Å²) in [5, 5.41) is 22.9. The quantitative estimate of drug-likeness (QED) is 0.752. The molecule has 1 aliphatic rings. The molecule has 0 saturated carbocycles. The lowest BCUT2D eigenvalue weighted by Crippen LogP contribution is -2.09. The topological polar surface area (TPSA) is 86.7 Å². The van der Waals surface area contributed by atoms with Crippen LogP contribution in [0.3, 0.4) is 0 Å². The Morgan fingerprint density at radius 1 is 1.20 bits per heavy atom. The van der Waals surface area contributed by atoms with Crippen molar-refractivity contribution in [1.82, 2.24) is 0 Å². The molecule has 0 amide bonds. The minimum atomic E-state index is -1.11. The summed E-state index contributed by atoms with van der Waals surface area (Å²) in [4.78, 5) is 9.50. The van der Waals surface area contributed by atoms with Gasteiger partial charge in [-0.25, -0.2) is 4.79 Å². The first-order valence-electron chi connectivity index (χ1n) is 4.02. The molecule has 0 radical (unpaired) electrons. The summed E-state index contributed by atoms with van der Waals surface area (Å²) in [5.74, 6) is -0.982. The molecule has 76 valence electrons. The zero-order chi connectivity index (χ0) is 10.9. The van der Waals surface area contributed by atoms with Gasteiger partial charge in [-0.1, -0.05) is 12.1 Å². The SMILES string of the molecule is O=C(O)c1ccc(C2(S)N=NN=N2)cc1. The van der Waals surface area contributed by atoms with Crippen LogP contribution in [-0.2, 0) is 4.99 Å². The molecule has 0 atom stereocenters. The van der Waals surface area contributed by atoms with Crippen molar-refractivity contribution in [3.05, 3.63) is 35.4 Å². The number of hydrogen-bond donors (Lipinski definition) is 2. The van der Waals surface area contributed by atoms with Gasteiger partial charge in [-0.3, -0.25) is 0 Å². The third kappa shape index (κ3) is 1.73. The maximum Gasteiger partial charge on any atom is 0.335 e. The van der Waals surface area contributed by atoms with Crippen molar-refractivity contribution >= 4 is 18.6 Å². The maximum atomic E-state index is 10.6. The number of nitrogens with zero attached hydrogens (tertiary/aromatic N) is 4. The number of aromatic carboxylic acids is 1. The number of thiol groups is 1. The van der Waals surface area contributed by atoms with Crippen LogP contribution < -0.4 is 0 Å². The highest BCUT2D eigenvalue weighted by Crippen LogP contribution is 2.35. The molecular formula is C8H6N4O2S. The molecule has 0 fully saturated rings. The molecule has 0 unspecified atom stereocenters. The van der Waals surface area contributed by atoms with Crippen LogP contribution in [0.2, 0.25) is 0 Å². The number of carboxylic acid groups (broad SMARTS) is 1. The molecule has 2 rings (SSSR count). The van der Waals surface area contributed by atoms with Gasteiger partial charge in [0, 0.05) is 5.56 Å². The third-order valence-electron chi connectivity index (χ3n) is 1.93. The Hall–Kier alpha value is -1.76. The first-order chi connectivity index (χ1) is 7.12. The minimum Gasteiger partial charge on any atom is -0.478 e. The van der Waals surface area contributed by atoms with Gasteiger partial charge in [0.1, 0.15) is 0 Å². The number of carbonyl (C=O) groups is 1. The maximum absolute atomic E-state index is 10.6. The van der Waals surface area contributed by atoms with Crippen LogP contribution in [0.4, 0.5) is 0 Å². The van der Waals surface area contributed by atoms with Gasteiger partial charge in [-0.15, -0.1) is 22.9 Å². The van der Waals surface area contributed by atoms with Gasteiger partial charge in [-0.2, -0.15) is 0 Å². The Labute approximate surface area is 90.1 Å². The van der Waals surface area contributed by atoms with Gasteiger partial charge < -0.3 is 5.11 Å². The highest BCUT2D eigenvalue weighted by Gasteiger charge is 2.30. The number of benzene rings is 1. The van der Waals surface area contributed by atoms with Crippen molar-refractivity contribution < 1.29 is 9.90 Å². The van der Waals surface area contributed by atoms with E-state index in [2.05, 4.69) is 33.3 Å². The predicted octanol–water partition coefficient (Wildman–Crippen LogP) is 2.26. The van der Waals surface area contributed by atoms with E-state index in [0.29, 0.717) is 5.56 Å². The Bertz CT molecular complexity index is 442. The summed E-state index contributed by atoms with van der Waals surface area (Å²) >= 11 is 4.19. The molecule has 1 heterocycles. The summed E-state index contributed by atoms with van der Waals surface area (Å²) in [7, 11) is 0. The van der Waals surface area contributed by atoms with Gasteiger partial charge in [0.25, 0.3) is 4.99 Å². The first-order valence-corrected chi connectivity index (χ1v) is 4.47. The molecule has 0 aromatic heterocycles. The zero-order valence-corrected chi connectivity index (χ0v) is 8.30. The highest BCUT2D eigenvalue weighted by molar-refractivity contribution is 7.81. The van der Waals surface area contributed by atoms with Crippen molar-refractivity contribution in [2.75, 3.05) is 0 Å². The summed E-state index contributed by atoms with van der Waals surface area (Å²) in [6, 6.07) is 6.08. The monoisotopic (exact) mass is 222 g/mol. The summed E-state index contributed by atoms with van der Waals surface area (Å²) < 4.78 is 0. The van der Waals surface area contributed by atoms with Gasteiger partial charge in [0.2, 0.25) is 0 Å². The predicted molar refractivity (Wildman–Crippen MR) is 53.8 cm³/mol. The molecule has 6 nitrogen and oxygen atoms in total. The van der Waals surface area contributed by atoms with Crippen molar-refractivity contribution in [3.8, 4) is 0 Å². The van der Waals surface area contributed by atoms with E-state index in [1.165, 1.54) is 12.1 Å². The molecule has 0 aliphatic carbocycles. The molecule has 1 aromatic carbocycles. The fourth-order valence-electron chi connectivity index (χ4n) is 1.14. The van der Waals surface area contributed by atoms with Crippen LogP contribution in [0.5, 0.6) is 0 Å². The second kappa shape index (κ2) is 3.43. The number of carboxylic acids is 1. The Balaban J connectivity index is 2.35. The Kier molecular flexibility index (Phi) is 2.24. The molecule has 0 bridgehead atoms. The van der Waals surface area contributed by atoms with Crippen LogP contribution in [0.15, 0.2) is 44.9 Å². The van der Waals surface area contributed by atoms with Crippen LogP contribution in [0.1, 0.15) is 15.9 Å². The first kappa shape index (κ1) is 9.78. The van der Waals surface area contributed by atoms with Crippen LogP contribution in [0.25, 0.3) is 0 Å². The molecule has 1 aromatic rings. The van der Waals surface area contributed by atoms with Gasteiger partial charge in [0.05, 0.1) is 5.56 Å². The lowest BCUT2D eigenvalue weighted by atomic mass is 10.1. The Morgan fingerprint density at radius 3 is 2.20 bits per heavy atom. The average molecular weight is 222 g/mol. The lowest BCUT2D eigenvalue weighted by molar-refractivity contribution is 0.0697.